The summed E-state index contributed by atoms with van der Waals surface area (Å²) < 4.78 is 24.8. The van der Waals surface area contributed by atoms with Crippen LogP contribution in [0.5, 0.6) is 0 Å². The number of alkyl halides is 2. The summed E-state index contributed by atoms with van der Waals surface area (Å²) in [6, 6.07) is 0.300. The molecule has 2 unspecified atom stereocenters. The van der Waals surface area contributed by atoms with Crippen LogP contribution in [0.4, 0.5) is 8.78 Å². The van der Waals surface area contributed by atoms with Gasteiger partial charge in [0.05, 0.1) is 5.54 Å². The third-order valence-corrected chi connectivity index (χ3v) is 2.72. The Morgan fingerprint density at radius 1 is 1.33 bits per heavy atom. The predicted molar refractivity (Wildman–Crippen MR) is 45.4 cm³/mol. The Balaban J connectivity index is 2.38. The molecule has 0 spiro atoms. The van der Waals surface area contributed by atoms with Crippen molar-refractivity contribution in [3.63, 3.8) is 0 Å². The molecule has 1 aliphatic carbocycles. The van der Waals surface area contributed by atoms with Crippen molar-refractivity contribution in [2.24, 2.45) is 5.92 Å². The molecular weight excluding hydrogens is 160 g/mol. The Morgan fingerprint density at radius 2 is 1.92 bits per heavy atom. The molecule has 0 aromatic rings. The first kappa shape index (κ1) is 9.90. The smallest absolute Gasteiger partial charge is 0.255 e. The van der Waals surface area contributed by atoms with Gasteiger partial charge in [0.25, 0.3) is 6.43 Å². The van der Waals surface area contributed by atoms with E-state index in [4.69, 9.17) is 0 Å². The maximum atomic E-state index is 12.4. The molecule has 0 saturated heterocycles. The van der Waals surface area contributed by atoms with Crippen molar-refractivity contribution in [3.8, 4) is 0 Å². The van der Waals surface area contributed by atoms with Crippen molar-refractivity contribution < 1.29 is 8.78 Å². The number of nitrogens with one attached hydrogen (secondary N) is 1. The monoisotopic (exact) mass is 177 g/mol. The average molecular weight is 177 g/mol. The van der Waals surface area contributed by atoms with E-state index in [9.17, 15) is 8.78 Å². The van der Waals surface area contributed by atoms with Gasteiger partial charge in [-0.25, -0.2) is 8.78 Å². The van der Waals surface area contributed by atoms with Gasteiger partial charge in [0.15, 0.2) is 0 Å². The molecule has 0 aromatic carbocycles. The van der Waals surface area contributed by atoms with E-state index in [1.54, 1.807) is 13.8 Å². The van der Waals surface area contributed by atoms with Gasteiger partial charge in [0.1, 0.15) is 0 Å². The van der Waals surface area contributed by atoms with Crippen molar-refractivity contribution in [2.45, 2.75) is 51.6 Å². The largest absolute Gasteiger partial charge is 0.304 e. The minimum Gasteiger partial charge on any atom is -0.304 e. The van der Waals surface area contributed by atoms with Crippen LogP contribution in [-0.2, 0) is 0 Å². The van der Waals surface area contributed by atoms with Crippen molar-refractivity contribution in [1.29, 1.82) is 0 Å². The molecule has 3 heteroatoms. The van der Waals surface area contributed by atoms with Crippen molar-refractivity contribution in [3.05, 3.63) is 0 Å². The van der Waals surface area contributed by atoms with Crippen molar-refractivity contribution >= 4 is 0 Å². The predicted octanol–water partition coefficient (Wildman–Crippen LogP) is 2.42. The van der Waals surface area contributed by atoms with Gasteiger partial charge in [-0.1, -0.05) is 6.92 Å². The summed E-state index contributed by atoms with van der Waals surface area (Å²) in [6.07, 6.45) is -0.0841. The van der Waals surface area contributed by atoms with E-state index in [1.807, 2.05) is 0 Å². The zero-order valence-electron chi connectivity index (χ0n) is 7.90. The molecule has 1 N–H and O–H groups in total. The van der Waals surface area contributed by atoms with Gasteiger partial charge >= 0.3 is 0 Å². The summed E-state index contributed by atoms with van der Waals surface area (Å²) in [5.74, 6) is 0.558. The van der Waals surface area contributed by atoms with Gasteiger partial charge in [-0.05, 0) is 32.6 Å². The molecule has 0 radical (unpaired) electrons. The van der Waals surface area contributed by atoms with Crippen LogP contribution < -0.4 is 5.32 Å². The molecule has 0 amide bonds. The lowest BCUT2D eigenvalue weighted by Crippen LogP contribution is -2.56. The highest BCUT2D eigenvalue weighted by atomic mass is 19.3. The minimum absolute atomic E-state index is 0.300. The molecule has 1 rings (SSSR count). The van der Waals surface area contributed by atoms with Crippen LogP contribution in [0.3, 0.4) is 0 Å². The standard InChI is InChI=1S/C9H17F2N/c1-6-4-5-7(6)12-9(2,3)8(10)11/h6-8,12H,4-5H2,1-3H3. The van der Waals surface area contributed by atoms with Gasteiger partial charge in [0, 0.05) is 6.04 Å². The highest BCUT2D eigenvalue weighted by molar-refractivity contribution is 4.91. The van der Waals surface area contributed by atoms with Crippen LogP contribution in [0.2, 0.25) is 0 Å². The lowest BCUT2D eigenvalue weighted by Gasteiger charge is -2.40. The highest BCUT2D eigenvalue weighted by Crippen LogP contribution is 2.29. The summed E-state index contributed by atoms with van der Waals surface area (Å²) >= 11 is 0. The highest BCUT2D eigenvalue weighted by Gasteiger charge is 2.36. The van der Waals surface area contributed by atoms with Crippen molar-refractivity contribution in [1.82, 2.24) is 5.32 Å². The molecule has 0 heterocycles. The topological polar surface area (TPSA) is 12.0 Å². The van der Waals surface area contributed by atoms with Crippen LogP contribution in [-0.4, -0.2) is 18.0 Å². The van der Waals surface area contributed by atoms with E-state index in [2.05, 4.69) is 12.2 Å². The molecule has 0 bridgehead atoms. The molecule has 1 aliphatic rings. The van der Waals surface area contributed by atoms with Gasteiger partial charge in [-0.2, -0.15) is 0 Å². The fourth-order valence-electron chi connectivity index (χ4n) is 1.42. The molecule has 0 aromatic heterocycles. The quantitative estimate of drug-likeness (QED) is 0.698. The summed E-state index contributed by atoms with van der Waals surface area (Å²) in [7, 11) is 0. The summed E-state index contributed by atoms with van der Waals surface area (Å²) in [4.78, 5) is 0. The fraction of sp³-hybridized carbons (Fsp3) is 1.00. The molecule has 12 heavy (non-hydrogen) atoms. The minimum atomic E-state index is -2.29. The van der Waals surface area contributed by atoms with Gasteiger partial charge in [-0.3, -0.25) is 0 Å². The molecular formula is C9H17F2N. The summed E-state index contributed by atoms with van der Waals surface area (Å²) in [6.45, 7) is 5.22. The van der Waals surface area contributed by atoms with E-state index in [0.29, 0.717) is 12.0 Å². The molecule has 72 valence electrons. The Morgan fingerprint density at radius 3 is 2.17 bits per heavy atom. The van der Waals surface area contributed by atoms with Crippen LogP contribution >= 0.6 is 0 Å². The molecule has 1 fully saturated rings. The maximum absolute atomic E-state index is 12.4. The third-order valence-electron chi connectivity index (χ3n) is 2.72. The first-order valence-electron chi connectivity index (χ1n) is 4.49. The van der Waals surface area contributed by atoms with Crippen molar-refractivity contribution in [2.75, 3.05) is 0 Å². The Labute approximate surface area is 72.5 Å². The SMILES string of the molecule is CC1CCC1NC(C)(C)C(F)F. The number of halogens is 2. The first-order valence-corrected chi connectivity index (χ1v) is 4.49. The third kappa shape index (κ3) is 1.94. The second-order valence-corrected chi connectivity index (χ2v) is 4.33. The number of hydrogen-bond donors (Lipinski definition) is 1. The zero-order valence-corrected chi connectivity index (χ0v) is 7.90. The summed E-state index contributed by atoms with van der Waals surface area (Å²) in [5.41, 5.74) is -1.03. The van der Waals surface area contributed by atoms with E-state index in [-0.39, 0.29) is 0 Å². The van der Waals surface area contributed by atoms with Gasteiger partial charge < -0.3 is 5.32 Å². The average Bonchev–Trinajstić information content (AvgIpc) is 1.97. The van der Waals surface area contributed by atoms with E-state index < -0.39 is 12.0 Å². The molecule has 2 atom stereocenters. The number of hydrogen-bond acceptors (Lipinski definition) is 1. The summed E-state index contributed by atoms with van der Waals surface area (Å²) in [5, 5.41) is 2.99. The van der Waals surface area contributed by atoms with Gasteiger partial charge in [0.2, 0.25) is 0 Å². The van der Waals surface area contributed by atoms with Crippen LogP contribution in [0, 0.1) is 5.92 Å². The Kier molecular flexibility index (Phi) is 2.71. The van der Waals surface area contributed by atoms with Gasteiger partial charge in [-0.15, -0.1) is 0 Å². The maximum Gasteiger partial charge on any atom is 0.255 e. The zero-order chi connectivity index (χ0) is 9.35. The van der Waals surface area contributed by atoms with E-state index in [0.717, 1.165) is 12.8 Å². The van der Waals surface area contributed by atoms with E-state index in [1.165, 1.54) is 0 Å². The Bertz CT molecular complexity index is 157. The normalized spacial score (nSPS) is 30.5. The first-order chi connectivity index (χ1) is 5.43. The Hall–Kier alpha value is -0.180. The number of rotatable bonds is 3. The van der Waals surface area contributed by atoms with Crippen LogP contribution in [0.1, 0.15) is 33.6 Å². The van der Waals surface area contributed by atoms with Crippen LogP contribution in [0.25, 0.3) is 0 Å². The van der Waals surface area contributed by atoms with Crippen LogP contribution in [0.15, 0.2) is 0 Å². The second-order valence-electron chi connectivity index (χ2n) is 4.33. The molecule has 1 saturated carbocycles. The lowest BCUT2D eigenvalue weighted by atomic mass is 9.80. The molecule has 1 nitrogen and oxygen atoms in total. The molecule has 0 aliphatic heterocycles. The lowest BCUT2D eigenvalue weighted by molar-refractivity contribution is 0.0270. The fourth-order valence-corrected chi connectivity index (χ4v) is 1.42. The second kappa shape index (κ2) is 3.29. The van der Waals surface area contributed by atoms with E-state index >= 15 is 0 Å².